The maximum atomic E-state index is 12.8. The van der Waals surface area contributed by atoms with Crippen molar-refractivity contribution in [1.29, 1.82) is 0 Å². The topological polar surface area (TPSA) is 26.3 Å². The molecule has 122 valence electrons. The molecule has 0 aliphatic heterocycles. The molecule has 3 rings (SSSR count). The highest BCUT2D eigenvalue weighted by molar-refractivity contribution is 6.12. The zero-order chi connectivity index (χ0) is 17.4. The number of benzene rings is 3. The molecule has 3 aromatic carbocycles. The van der Waals surface area contributed by atoms with Gasteiger partial charge in [0.05, 0.1) is 7.11 Å². The summed E-state index contributed by atoms with van der Waals surface area (Å²) in [7, 11) is 1.61. The standard InChI is InChI=1S/C20H16O2.C2H6/c1-22-17-13-11-16(12-14-17)20(21)19-10-6-5-9-18(19)15-7-3-2-4-8-15;1-2/h2-14H,1H3;1-2H3. The lowest BCUT2D eigenvalue weighted by atomic mass is 9.94. The van der Waals surface area contributed by atoms with Crippen LogP contribution in [0.15, 0.2) is 78.9 Å². The molecule has 0 bridgehead atoms. The van der Waals surface area contributed by atoms with E-state index in [4.69, 9.17) is 4.74 Å². The summed E-state index contributed by atoms with van der Waals surface area (Å²) in [6.07, 6.45) is 0. The molecular formula is C22H22O2. The summed E-state index contributed by atoms with van der Waals surface area (Å²) in [5.74, 6) is 0.759. The lowest BCUT2D eigenvalue weighted by Gasteiger charge is -2.09. The largest absolute Gasteiger partial charge is 0.497 e. The molecule has 0 unspecified atom stereocenters. The fourth-order valence-corrected chi connectivity index (χ4v) is 2.45. The van der Waals surface area contributed by atoms with E-state index in [2.05, 4.69) is 0 Å². The number of methoxy groups -OCH3 is 1. The highest BCUT2D eigenvalue weighted by Crippen LogP contribution is 2.26. The van der Waals surface area contributed by atoms with Gasteiger partial charge in [-0.2, -0.15) is 0 Å². The van der Waals surface area contributed by atoms with Gasteiger partial charge in [-0.1, -0.05) is 68.4 Å². The van der Waals surface area contributed by atoms with Gasteiger partial charge in [-0.05, 0) is 35.4 Å². The second-order valence-corrected chi connectivity index (χ2v) is 4.97. The van der Waals surface area contributed by atoms with Crippen LogP contribution in [-0.4, -0.2) is 12.9 Å². The average molecular weight is 318 g/mol. The van der Waals surface area contributed by atoms with Gasteiger partial charge >= 0.3 is 0 Å². The van der Waals surface area contributed by atoms with Crippen molar-refractivity contribution in [3.8, 4) is 16.9 Å². The van der Waals surface area contributed by atoms with Gasteiger partial charge in [0.15, 0.2) is 5.78 Å². The molecule has 3 aromatic rings. The lowest BCUT2D eigenvalue weighted by Crippen LogP contribution is -2.03. The van der Waals surface area contributed by atoms with E-state index in [1.807, 2.05) is 68.4 Å². The van der Waals surface area contributed by atoms with E-state index in [1.165, 1.54) is 0 Å². The maximum Gasteiger partial charge on any atom is 0.193 e. The second-order valence-electron chi connectivity index (χ2n) is 4.97. The molecule has 0 fully saturated rings. The number of carbonyl (C=O) groups excluding carboxylic acids is 1. The van der Waals surface area contributed by atoms with Crippen molar-refractivity contribution in [2.24, 2.45) is 0 Å². The van der Waals surface area contributed by atoms with Gasteiger partial charge in [0.2, 0.25) is 0 Å². The Morgan fingerprint density at radius 2 is 1.33 bits per heavy atom. The first kappa shape index (κ1) is 17.5. The first-order valence-electron chi connectivity index (χ1n) is 8.13. The van der Waals surface area contributed by atoms with Crippen molar-refractivity contribution in [3.63, 3.8) is 0 Å². The fourth-order valence-electron chi connectivity index (χ4n) is 2.45. The smallest absolute Gasteiger partial charge is 0.193 e. The number of hydrogen-bond acceptors (Lipinski definition) is 2. The number of ketones is 1. The van der Waals surface area contributed by atoms with Gasteiger partial charge in [-0.15, -0.1) is 0 Å². The minimum Gasteiger partial charge on any atom is -0.497 e. The van der Waals surface area contributed by atoms with Crippen LogP contribution in [0.3, 0.4) is 0 Å². The first-order chi connectivity index (χ1) is 11.8. The highest BCUT2D eigenvalue weighted by Gasteiger charge is 2.14. The van der Waals surface area contributed by atoms with Crippen LogP contribution >= 0.6 is 0 Å². The van der Waals surface area contributed by atoms with Gasteiger partial charge in [-0.3, -0.25) is 4.79 Å². The molecule has 0 atom stereocenters. The average Bonchev–Trinajstić information content (AvgIpc) is 2.70. The summed E-state index contributed by atoms with van der Waals surface area (Å²) in [5.41, 5.74) is 3.35. The highest BCUT2D eigenvalue weighted by atomic mass is 16.5. The second kappa shape index (κ2) is 8.68. The van der Waals surface area contributed by atoms with E-state index >= 15 is 0 Å². The predicted molar refractivity (Wildman–Crippen MR) is 99.7 cm³/mol. The van der Waals surface area contributed by atoms with E-state index in [-0.39, 0.29) is 5.78 Å². The van der Waals surface area contributed by atoms with E-state index in [9.17, 15) is 4.79 Å². The third-order valence-electron chi connectivity index (χ3n) is 3.61. The normalized spacial score (nSPS) is 9.62. The molecule has 0 amide bonds. The molecule has 0 aliphatic carbocycles. The molecule has 2 nitrogen and oxygen atoms in total. The minimum atomic E-state index is 0.0158. The summed E-state index contributed by atoms with van der Waals surface area (Å²) >= 11 is 0. The minimum absolute atomic E-state index is 0.0158. The predicted octanol–water partition coefficient (Wildman–Crippen LogP) is 5.62. The summed E-state index contributed by atoms with van der Waals surface area (Å²) in [4.78, 5) is 12.8. The summed E-state index contributed by atoms with van der Waals surface area (Å²) < 4.78 is 5.14. The van der Waals surface area contributed by atoms with Crippen LogP contribution in [0.1, 0.15) is 29.8 Å². The Bertz CT molecular complexity index is 775. The van der Waals surface area contributed by atoms with E-state index in [1.54, 1.807) is 31.4 Å². The van der Waals surface area contributed by atoms with E-state index in [0.717, 1.165) is 16.9 Å². The maximum absolute atomic E-state index is 12.8. The molecule has 24 heavy (non-hydrogen) atoms. The summed E-state index contributed by atoms with van der Waals surface area (Å²) in [6, 6.07) is 24.8. The zero-order valence-electron chi connectivity index (χ0n) is 14.3. The SMILES string of the molecule is CC.COc1ccc(C(=O)c2ccccc2-c2ccccc2)cc1. The van der Waals surface area contributed by atoms with Crippen molar-refractivity contribution in [2.45, 2.75) is 13.8 Å². The van der Waals surface area contributed by atoms with Crippen molar-refractivity contribution in [2.75, 3.05) is 7.11 Å². The Hall–Kier alpha value is -2.87. The van der Waals surface area contributed by atoms with Gasteiger partial charge in [0.1, 0.15) is 5.75 Å². The van der Waals surface area contributed by atoms with Crippen molar-refractivity contribution >= 4 is 5.78 Å². The Kier molecular flexibility index (Phi) is 6.32. The summed E-state index contributed by atoms with van der Waals surface area (Å²) in [6.45, 7) is 4.00. The van der Waals surface area contributed by atoms with Crippen molar-refractivity contribution in [1.82, 2.24) is 0 Å². The molecular weight excluding hydrogens is 296 g/mol. The zero-order valence-corrected chi connectivity index (χ0v) is 14.3. The van der Waals surface area contributed by atoms with Crippen LogP contribution in [0.2, 0.25) is 0 Å². The third-order valence-corrected chi connectivity index (χ3v) is 3.61. The molecule has 0 N–H and O–H groups in total. The van der Waals surface area contributed by atoms with E-state index < -0.39 is 0 Å². The monoisotopic (exact) mass is 318 g/mol. The van der Waals surface area contributed by atoms with Crippen LogP contribution in [0.5, 0.6) is 5.75 Å². The van der Waals surface area contributed by atoms with Crippen LogP contribution in [-0.2, 0) is 0 Å². The number of rotatable bonds is 4. The Morgan fingerprint density at radius 3 is 1.96 bits per heavy atom. The third kappa shape index (κ3) is 3.90. The first-order valence-corrected chi connectivity index (χ1v) is 8.13. The molecule has 0 heterocycles. The molecule has 0 saturated carbocycles. The molecule has 0 spiro atoms. The summed E-state index contributed by atoms with van der Waals surface area (Å²) in [5, 5.41) is 0. The molecule has 0 aromatic heterocycles. The van der Waals surface area contributed by atoms with Crippen LogP contribution in [0.25, 0.3) is 11.1 Å². The Morgan fingerprint density at radius 1 is 0.750 bits per heavy atom. The van der Waals surface area contributed by atoms with Crippen molar-refractivity contribution < 1.29 is 9.53 Å². The number of hydrogen-bond donors (Lipinski definition) is 0. The Balaban J connectivity index is 0.00000100. The van der Waals surface area contributed by atoms with Gasteiger partial charge in [0, 0.05) is 11.1 Å². The lowest BCUT2D eigenvalue weighted by molar-refractivity contribution is 0.103. The van der Waals surface area contributed by atoms with Crippen LogP contribution < -0.4 is 4.74 Å². The van der Waals surface area contributed by atoms with E-state index in [0.29, 0.717) is 11.1 Å². The molecule has 2 heteroatoms. The van der Waals surface area contributed by atoms with Crippen molar-refractivity contribution in [3.05, 3.63) is 90.0 Å². The molecule has 0 aliphatic rings. The molecule has 0 saturated heterocycles. The van der Waals surface area contributed by atoms with Crippen LogP contribution in [0, 0.1) is 0 Å². The number of ether oxygens (including phenoxy) is 1. The fraction of sp³-hybridized carbons (Fsp3) is 0.136. The quantitative estimate of drug-likeness (QED) is 0.584. The molecule has 0 radical (unpaired) electrons. The Labute approximate surface area is 143 Å². The van der Waals surface area contributed by atoms with Gasteiger partial charge < -0.3 is 4.74 Å². The van der Waals surface area contributed by atoms with Crippen LogP contribution in [0.4, 0.5) is 0 Å². The number of carbonyl (C=O) groups is 1. The van der Waals surface area contributed by atoms with Gasteiger partial charge in [-0.25, -0.2) is 0 Å². The van der Waals surface area contributed by atoms with Gasteiger partial charge in [0.25, 0.3) is 0 Å².